The predicted octanol–water partition coefficient (Wildman–Crippen LogP) is 5.45. The Bertz CT molecular complexity index is 360. The monoisotopic (exact) mass is 326 g/mol. The molecule has 1 aromatic rings. The zero-order valence-corrected chi connectivity index (χ0v) is 15.0. The van der Waals surface area contributed by atoms with Gasteiger partial charge in [0.1, 0.15) is 0 Å². The molecule has 0 saturated heterocycles. The van der Waals surface area contributed by atoms with Gasteiger partial charge >= 0.3 is 0 Å². The van der Waals surface area contributed by atoms with Crippen molar-refractivity contribution < 1.29 is 10.2 Å². The molecule has 0 bridgehead atoms. The van der Waals surface area contributed by atoms with Gasteiger partial charge < -0.3 is 10.2 Å². The van der Waals surface area contributed by atoms with Gasteiger partial charge in [0, 0.05) is 11.3 Å². The van der Waals surface area contributed by atoms with Gasteiger partial charge in [-0.15, -0.1) is 11.3 Å². The maximum absolute atomic E-state index is 8.97. The minimum absolute atomic E-state index is 0.450. The highest BCUT2D eigenvalue weighted by Gasteiger charge is 2.06. The van der Waals surface area contributed by atoms with Gasteiger partial charge in [0.2, 0.25) is 0 Å². The van der Waals surface area contributed by atoms with E-state index in [0.717, 1.165) is 12.8 Å². The van der Waals surface area contributed by atoms with Crippen molar-refractivity contribution in [2.75, 3.05) is 0 Å². The first-order valence-electron chi connectivity index (χ1n) is 9.15. The lowest BCUT2D eigenvalue weighted by atomic mass is 10.0. The van der Waals surface area contributed by atoms with E-state index >= 15 is 0 Å². The van der Waals surface area contributed by atoms with Crippen molar-refractivity contribution in [2.24, 2.45) is 0 Å². The van der Waals surface area contributed by atoms with Crippen molar-refractivity contribution in [1.82, 2.24) is 0 Å². The van der Waals surface area contributed by atoms with Crippen molar-refractivity contribution in [2.45, 2.75) is 96.7 Å². The molecule has 128 valence electrons. The molecule has 0 aliphatic rings. The molecule has 1 heterocycles. The Morgan fingerprint density at radius 2 is 1.45 bits per heavy atom. The van der Waals surface area contributed by atoms with Crippen molar-refractivity contribution in [3.63, 3.8) is 0 Å². The average Bonchev–Trinajstić information content (AvgIpc) is 2.94. The van der Waals surface area contributed by atoms with Gasteiger partial charge in [-0.1, -0.05) is 64.7 Å². The molecule has 1 rings (SSSR count). The molecule has 0 fully saturated rings. The highest BCUT2D eigenvalue weighted by Crippen LogP contribution is 2.21. The summed E-state index contributed by atoms with van der Waals surface area (Å²) in [5.41, 5.74) is 1.42. The molecule has 2 nitrogen and oxygen atoms in total. The first-order valence-corrected chi connectivity index (χ1v) is 10.0. The fourth-order valence-electron chi connectivity index (χ4n) is 2.87. The Balaban J connectivity index is 1.99. The molecule has 22 heavy (non-hydrogen) atoms. The van der Waals surface area contributed by atoms with Crippen LogP contribution in [-0.2, 0) is 12.8 Å². The Labute approximate surface area is 140 Å². The Hall–Kier alpha value is -0.380. The van der Waals surface area contributed by atoms with E-state index in [1.54, 1.807) is 11.3 Å². The molecule has 3 heteroatoms. The van der Waals surface area contributed by atoms with Gasteiger partial charge in [0.25, 0.3) is 0 Å². The molecular formula is C19H34O2S. The highest BCUT2D eigenvalue weighted by molar-refractivity contribution is 7.10. The number of aryl methyl sites for hydroxylation is 2. The van der Waals surface area contributed by atoms with E-state index in [9.17, 15) is 0 Å². The second kappa shape index (κ2) is 13.1. The fourth-order valence-corrected chi connectivity index (χ4v) is 3.83. The molecule has 0 saturated carbocycles. The van der Waals surface area contributed by atoms with Crippen molar-refractivity contribution in [3.8, 4) is 0 Å². The summed E-state index contributed by atoms with van der Waals surface area (Å²) in [7, 11) is 0. The maximum atomic E-state index is 8.97. The maximum Gasteiger partial charge on any atom is 0.151 e. The topological polar surface area (TPSA) is 40.5 Å². The van der Waals surface area contributed by atoms with Gasteiger partial charge in [-0.2, -0.15) is 0 Å². The molecule has 0 atom stereocenters. The van der Waals surface area contributed by atoms with Crippen LogP contribution in [0.3, 0.4) is 0 Å². The van der Waals surface area contributed by atoms with Gasteiger partial charge in [-0.25, -0.2) is 0 Å². The minimum atomic E-state index is -1.17. The first-order chi connectivity index (χ1) is 10.7. The van der Waals surface area contributed by atoms with Gasteiger partial charge in [0.15, 0.2) is 6.29 Å². The summed E-state index contributed by atoms with van der Waals surface area (Å²) in [6.07, 6.45) is 15.0. The van der Waals surface area contributed by atoms with Crippen molar-refractivity contribution >= 4 is 11.3 Å². The summed E-state index contributed by atoms with van der Waals surface area (Å²) >= 11 is 1.75. The SMILES string of the molecule is CCCCCCCCCCCCc1ccsc1CCC(O)O. The van der Waals surface area contributed by atoms with Crippen LogP contribution in [0.1, 0.15) is 88.0 Å². The van der Waals surface area contributed by atoms with Crippen LogP contribution in [0.15, 0.2) is 11.4 Å². The standard InChI is InChI=1S/C19H34O2S/c1-2-3-4-5-6-7-8-9-10-11-12-17-15-16-22-18(17)13-14-19(20)21/h15-16,19-21H,2-14H2,1H3. The Kier molecular flexibility index (Phi) is 11.7. The zero-order chi connectivity index (χ0) is 16.0. The zero-order valence-electron chi connectivity index (χ0n) is 14.2. The second-order valence-corrected chi connectivity index (χ2v) is 7.32. The number of hydrogen-bond acceptors (Lipinski definition) is 3. The van der Waals surface area contributed by atoms with Crippen molar-refractivity contribution in [3.05, 3.63) is 21.9 Å². The summed E-state index contributed by atoms with van der Waals surface area (Å²) < 4.78 is 0. The van der Waals surface area contributed by atoms with E-state index in [0.29, 0.717) is 6.42 Å². The largest absolute Gasteiger partial charge is 0.368 e. The third-order valence-corrected chi connectivity index (χ3v) is 5.29. The normalized spacial score (nSPS) is 11.5. The van der Waals surface area contributed by atoms with Gasteiger partial charge in [0.05, 0.1) is 0 Å². The lowest BCUT2D eigenvalue weighted by molar-refractivity contribution is -0.0445. The quantitative estimate of drug-likeness (QED) is 0.352. The third-order valence-electron chi connectivity index (χ3n) is 4.27. The Morgan fingerprint density at radius 3 is 2.05 bits per heavy atom. The molecule has 1 aromatic heterocycles. The fraction of sp³-hybridized carbons (Fsp3) is 0.789. The predicted molar refractivity (Wildman–Crippen MR) is 96.4 cm³/mol. The summed E-state index contributed by atoms with van der Waals surface area (Å²) in [5, 5.41) is 20.1. The van der Waals surface area contributed by atoms with Crippen LogP contribution in [0.2, 0.25) is 0 Å². The van der Waals surface area contributed by atoms with E-state index in [1.807, 2.05) is 0 Å². The van der Waals surface area contributed by atoms with E-state index in [2.05, 4.69) is 18.4 Å². The minimum Gasteiger partial charge on any atom is -0.368 e. The smallest absolute Gasteiger partial charge is 0.151 e. The van der Waals surface area contributed by atoms with Crippen LogP contribution in [0.25, 0.3) is 0 Å². The van der Waals surface area contributed by atoms with Crippen LogP contribution < -0.4 is 0 Å². The van der Waals surface area contributed by atoms with Crippen LogP contribution in [-0.4, -0.2) is 16.5 Å². The lowest BCUT2D eigenvalue weighted by Gasteiger charge is -2.06. The first kappa shape index (κ1) is 19.7. The number of unbranched alkanes of at least 4 members (excludes halogenated alkanes) is 9. The number of rotatable bonds is 14. The van der Waals surface area contributed by atoms with Gasteiger partial charge in [-0.05, 0) is 36.3 Å². The summed E-state index contributed by atoms with van der Waals surface area (Å²) in [6.45, 7) is 2.27. The number of aliphatic hydroxyl groups is 2. The van der Waals surface area contributed by atoms with Crippen molar-refractivity contribution in [1.29, 1.82) is 0 Å². The summed E-state index contributed by atoms with van der Waals surface area (Å²) in [5.74, 6) is 0. The molecule has 0 amide bonds. The molecule has 0 aromatic carbocycles. The lowest BCUT2D eigenvalue weighted by Crippen LogP contribution is -2.05. The number of hydrogen-bond donors (Lipinski definition) is 2. The summed E-state index contributed by atoms with van der Waals surface area (Å²) in [4.78, 5) is 1.34. The molecule has 0 aliphatic carbocycles. The van der Waals surface area contributed by atoms with Crippen LogP contribution in [0.4, 0.5) is 0 Å². The van der Waals surface area contributed by atoms with E-state index in [4.69, 9.17) is 10.2 Å². The van der Waals surface area contributed by atoms with E-state index < -0.39 is 6.29 Å². The number of aliphatic hydroxyl groups excluding tert-OH is 1. The third kappa shape index (κ3) is 9.60. The van der Waals surface area contributed by atoms with Crippen LogP contribution >= 0.6 is 11.3 Å². The van der Waals surface area contributed by atoms with Crippen LogP contribution in [0.5, 0.6) is 0 Å². The summed E-state index contributed by atoms with van der Waals surface area (Å²) in [6, 6.07) is 2.21. The molecule has 0 spiro atoms. The van der Waals surface area contributed by atoms with E-state index in [1.165, 1.54) is 74.6 Å². The molecule has 0 aliphatic heterocycles. The molecule has 2 N–H and O–H groups in total. The van der Waals surface area contributed by atoms with E-state index in [-0.39, 0.29) is 0 Å². The molecule has 0 unspecified atom stereocenters. The second-order valence-electron chi connectivity index (χ2n) is 6.32. The molecular weight excluding hydrogens is 292 g/mol. The average molecular weight is 327 g/mol. The number of thiophene rings is 1. The highest BCUT2D eigenvalue weighted by atomic mass is 32.1. The van der Waals surface area contributed by atoms with Gasteiger partial charge in [-0.3, -0.25) is 0 Å². The molecule has 0 radical (unpaired) electrons. The van der Waals surface area contributed by atoms with Crippen LogP contribution in [0, 0.1) is 0 Å². The Morgan fingerprint density at radius 1 is 0.864 bits per heavy atom.